The van der Waals surface area contributed by atoms with Gasteiger partial charge in [-0.1, -0.05) is 15.9 Å². The molecule has 0 aliphatic carbocycles. The summed E-state index contributed by atoms with van der Waals surface area (Å²) in [6.07, 6.45) is -4.41. The second kappa shape index (κ2) is 4.23. The van der Waals surface area contributed by atoms with Gasteiger partial charge >= 0.3 is 6.18 Å². The molecule has 1 rings (SSSR count). The van der Waals surface area contributed by atoms with Crippen molar-refractivity contribution < 1.29 is 13.2 Å². The van der Waals surface area contributed by atoms with Crippen LogP contribution in [0, 0.1) is 11.3 Å². The summed E-state index contributed by atoms with van der Waals surface area (Å²) in [5, 5.41) is 8.60. The smallest absolute Gasteiger partial charge is 0.192 e. The Kier molecular flexibility index (Phi) is 3.40. The van der Waals surface area contributed by atoms with Crippen molar-refractivity contribution in [3.63, 3.8) is 0 Å². The zero-order valence-electron chi connectivity index (χ0n) is 7.77. The SMILES string of the molecule is CC(Br)c1cc(C#N)cc(C(F)(F)F)c1. The lowest BCUT2D eigenvalue weighted by Gasteiger charge is -2.10. The summed E-state index contributed by atoms with van der Waals surface area (Å²) >= 11 is 3.17. The van der Waals surface area contributed by atoms with Gasteiger partial charge in [0.25, 0.3) is 0 Å². The van der Waals surface area contributed by atoms with Crippen LogP contribution >= 0.6 is 15.9 Å². The summed E-state index contributed by atoms with van der Waals surface area (Å²) in [6.45, 7) is 1.71. The number of hydrogen-bond donors (Lipinski definition) is 0. The Balaban J connectivity index is 3.32. The van der Waals surface area contributed by atoms with Crippen LogP contribution in [-0.4, -0.2) is 0 Å². The van der Waals surface area contributed by atoms with Gasteiger partial charge in [0, 0.05) is 4.83 Å². The second-order valence-corrected chi connectivity index (χ2v) is 4.44. The molecule has 1 atom stereocenters. The summed E-state index contributed by atoms with van der Waals surface area (Å²) in [5.74, 6) is 0. The van der Waals surface area contributed by atoms with Gasteiger partial charge in [-0.2, -0.15) is 18.4 Å². The highest BCUT2D eigenvalue weighted by atomic mass is 79.9. The van der Waals surface area contributed by atoms with Crippen molar-refractivity contribution >= 4 is 15.9 Å². The van der Waals surface area contributed by atoms with Crippen LogP contribution < -0.4 is 0 Å². The molecule has 1 unspecified atom stereocenters. The van der Waals surface area contributed by atoms with Crippen molar-refractivity contribution in [2.75, 3.05) is 0 Å². The van der Waals surface area contributed by atoms with E-state index in [1.54, 1.807) is 13.0 Å². The van der Waals surface area contributed by atoms with Crippen LogP contribution in [0.1, 0.15) is 28.4 Å². The molecule has 0 saturated carbocycles. The standard InChI is InChI=1S/C10H7BrF3N/c1-6(11)8-2-7(5-15)3-9(4-8)10(12,13)14/h2-4,6H,1H3. The van der Waals surface area contributed by atoms with Gasteiger partial charge in [-0.3, -0.25) is 0 Å². The number of hydrogen-bond acceptors (Lipinski definition) is 1. The Labute approximate surface area is 93.6 Å². The lowest BCUT2D eigenvalue weighted by molar-refractivity contribution is -0.137. The van der Waals surface area contributed by atoms with E-state index in [0.29, 0.717) is 5.56 Å². The van der Waals surface area contributed by atoms with E-state index in [9.17, 15) is 13.2 Å². The summed E-state index contributed by atoms with van der Waals surface area (Å²) in [7, 11) is 0. The van der Waals surface area contributed by atoms with Crippen molar-refractivity contribution in [1.29, 1.82) is 5.26 Å². The molecule has 15 heavy (non-hydrogen) atoms. The van der Waals surface area contributed by atoms with E-state index in [4.69, 9.17) is 5.26 Å². The van der Waals surface area contributed by atoms with E-state index in [2.05, 4.69) is 15.9 Å². The van der Waals surface area contributed by atoms with E-state index < -0.39 is 11.7 Å². The van der Waals surface area contributed by atoms with Crippen molar-refractivity contribution in [3.05, 3.63) is 34.9 Å². The molecule has 0 bridgehead atoms. The Morgan fingerprint density at radius 1 is 1.33 bits per heavy atom. The zero-order chi connectivity index (χ0) is 11.6. The van der Waals surface area contributed by atoms with E-state index in [0.717, 1.165) is 12.1 Å². The van der Waals surface area contributed by atoms with Crippen LogP contribution in [0.15, 0.2) is 18.2 Å². The minimum absolute atomic E-state index is 0.0196. The van der Waals surface area contributed by atoms with Crippen molar-refractivity contribution in [2.24, 2.45) is 0 Å². The zero-order valence-corrected chi connectivity index (χ0v) is 9.35. The quantitative estimate of drug-likeness (QED) is 0.711. The van der Waals surface area contributed by atoms with Crippen LogP contribution in [0.5, 0.6) is 0 Å². The Hall–Kier alpha value is -1.02. The van der Waals surface area contributed by atoms with Crippen LogP contribution in [0.25, 0.3) is 0 Å². The summed E-state index contributed by atoms with van der Waals surface area (Å²) in [5.41, 5.74) is -0.324. The molecule has 1 aromatic carbocycles. The van der Waals surface area contributed by atoms with Crippen molar-refractivity contribution in [1.82, 2.24) is 0 Å². The van der Waals surface area contributed by atoms with Gasteiger partial charge in [0.1, 0.15) is 0 Å². The maximum Gasteiger partial charge on any atom is 0.416 e. The van der Waals surface area contributed by atoms with Gasteiger partial charge in [-0.25, -0.2) is 0 Å². The Morgan fingerprint density at radius 2 is 1.93 bits per heavy atom. The normalized spacial score (nSPS) is 13.3. The van der Waals surface area contributed by atoms with Gasteiger partial charge in [-0.15, -0.1) is 0 Å². The van der Waals surface area contributed by atoms with E-state index in [-0.39, 0.29) is 10.4 Å². The first-order valence-corrected chi connectivity index (χ1v) is 5.02. The second-order valence-electron chi connectivity index (χ2n) is 3.07. The van der Waals surface area contributed by atoms with Crippen LogP contribution in [-0.2, 0) is 6.18 Å². The molecule has 0 saturated heterocycles. The van der Waals surface area contributed by atoms with Gasteiger partial charge in [0.2, 0.25) is 0 Å². The molecule has 0 amide bonds. The first-order valence-electron chi connectivity index (χ1n) is 4.11. The minimum Gasteiger partial charge on any atom is -0.192 e. The topological polar surface area (TPSA) is 23.8 Å². The van der Waals surface area contributed by atoms with Crippen LogP contribution in [0.2, 0.25) is 0 Å². The van der Waals surface area contributed by atoms with Crippen LogP contribution in [0.4, 0.5) is 13.2 Å². The lowest BCUT2D eigenvalue weighted by Crippen LogP contribution is -2.06. The fourth-order valence-corrected chi connectivity index (χ4v) is 1.37. The number of rotatable bonds is 1. The molecular formula is C10H7BrF3N. The third-order valence-electron chi connectivity index (χ3n) is 1.87. The number of halogens is 4. The fraction of sp³-hybridized carbons (Fsp3) is 0.300. The highest BCUT2D eigenvalue weighted by Crippen LogP contribution is 2.33. The predicted octanol–water partition coefficient (Wildman–Crippen LogP) is 4.03. The Morgan fingerprint density at radius 3 is 2.33 bits per heavy atom. The summed E-state index contributed by atoms with van der Waals surface area (Å²) in [4.78, 5) is -0.216. The molecule has 1 nitrogen and oxygen atoms in total. The van der Waals surface area contributed by atoms with Crippen LogP contribution in [0.3, 0.4) is 0 Å². The van der Waals surface area contributed by atoms with Gasteiger partial charge < -0.3 is 0 Å². The molecule has 0 N–H and O–H groups in total. The number of benzene rings is 1. The molecule has 0 spiro atoms. The van der Waals surface area contributed by atoms with E-state index in [1.165, 1.54) is 6.07 Å². The third-order valence-corrected chi connectivity index (χ3v) is 2.40. The number of nitriles is 1. The first kappa shape index (κ1) is 12.1. The minimum atomic E-state index is -4.41. The molecule has 0 aliphatic rings. The fourth-order valence-electron chi connectivity index (χ4n) is 1.11. The van der Waals surface area contributed by atoms with Gasteiger partial charge in [0.05, 0.1) is 17.2 Å². The summed E-state index contributed by atoms with van der Waals surface area (Å²) < 4.78 is 37.3. The molecule has 0 heterocycles. The maximum atomic E-state index is 12.4. The average molecular weight is 278 g/mol. The number of alkyl halides is 4. The molecule has 5 heteroatoms. The van der Waals surface area contributed by atoms with Gasteiger partial charge in [0.15, 0.2) is 0 Å². The highest BCUT2D eigenvalue weighted by molar-refractivity contribution is 9.09. The average Bonchev–Trinajstić information content (AvgIpc) is 2.15. The molecule has 0 fully saturated rings. The Bertz CT molecular complexity index is 404. The maximum absolute atomic E-state index is 12.4. The molecule has 0 aromatic heterocycles. The van der Waals surface area contributed by atoms with Crippen molar-refractivity contribution in [3.8, 4) is 6.07 Å². The summed E-state index contributed by atoms with van der Waals surface area (Å²) in [6, 6.07) is 5.04. The highest BCUT2D eigenvalue weighted by Gasteiger charge is 2.31. The first-order chi connectivity index (χ1) is 6.84. The van der Waals surface area contributed by atoms with E-state index >= 15 is 0 Å². The predicted molar refractivity (Wildman–Crippen MR) is 53.5 cm³/mol. The third kappa shape index (κ3) is 2.96. The van der Waals surface area contributed by atoms with E-state index in [1.807, 2.05) is 0 Å². The molecular weight excluding hydrogens is 271 g/mol. The largest absolute Gasteiger partial charge is 0.416 e. The monoisotopic (exact) mass is 277 g/mol. The van der Waals surface area contributed by atoms with Crippen molar-refractivity contribution in [2.45, 2.75) is 17.9 Å². The van der Waals surface area contributed by atoms with Gasteiger partial charge in [-0.05, 0) is 30.7 Å². The lowest BCUT2D eigenvalue weighted by atomic mass is 10.0. The number of nitrogens with zero attached hydrogens (tertiary/aromatic N) is 1. The molecule has 0 aliphatic heterocycles. The molecule has 1 aromatic rings. The molecule has 0 radical (unpaired) electrons. The molecule has 80 valence electrons.